The van der Waals surface area contributed by atoms with Crippen LogP contribution in [0.15, 0.2) is 46.0 Å². The highest BCUT2D eigenvalue weighted by molar-refractivity contribution is 9.10. The molecule has 0 bridgehead atoms. The van der Waals surface area contributed by atoms with Gasteiger partial charge in [0.1, 0.15) is 10.7 Å². The molecule has 2 aromatic heterocycles. The van der Waals surface area contributed by atoms with E-state index in [9.17, 15) is 8.42 Å². The van der Waals surface area contributed by atoms with Crippen LogP contribution in [0.3, 0.4) is 0 Å². The molecule has 6 nitrogen and oxygen atoms in total. The number of pyridine rings is 2. The first-order chi connectivity index (χ1) is 9.95. The zero-order chi connectivity index (χ0) is 15.5. The number of sulfonamides is 1. The normalized spacial score (nSPS) is 11.6. The van der Waals surface area contributed by atoms with Crippen molar-refractivity contribution in [3.63, 3.8) is 0 Å². The molecule has 0 aliphatic rings. The lowest BCUT2D eigenvalue weighted by Gasteiger charge is -2.18. The van der Waals surface area contributed by atoms with E-state index in [1.54, 1.807) is 31.6 Å². The Morgan fingerprint density at radius 1 is 1.33 bits per heavy atom. The summed E-state index contributed by atoms with van der Waals surface area (Å²) in [6.07, 6.45) is 3.18. The molecule has 0 spiro atoms. The van der Waals surface area contributed by atoms with Crippen LogP contribution in [0.5, 0.6) is 0 Å². The zero-order valence-electron chi connectivity index (χ0n) is 11.6. The van der Waals surface area contributed by atoms with Crippen molar-refractivity contribution in [1.82, 2.24) is 14.3 Å². The van der Waals surface area contributed by atoms with Gasteiger partial charge in [-0.3, -0.25) is 4.98 Å². The number of aromatic nitrogens is 2. The third-order valence-corrected chi connectivity index (χ3v) is 5.11. The van der Waals surface area contributed by atoms with Gasteiger partial charge in [0.15, 0.2) is 0 Å². The summed E-state index contributed by atoms with van der Waals surface area (Å²) >= 11 is 3.25. The van der Waals surface area contributed by atoms with E-state index in [1.165, 1.54) is 17.4 Å². The Balaban J connectivity index is 2.35. The van der Waals surface area contributed by atoms with Gasteiger partial charge in [0.25, 0.3) is 0 Å². The van der Waals surface area contributed by atoms with Gasteiger partial charge in [0.2, 0.25) is 10.0 Å². The maximum Gasteiger partial charge on any atom is 0.246 e. The van der Waals surface area contributed by atoms with Gasteiger partial charge in [-0.25, -0.2) is 13.4 Å². The Morgan fingerprint density at radius 2 is 2.10 bits per heavy atom. The van der Waals surface area contributed by atoms with Crippen LogP contribution in [-0.2, 0) is 16.6 Å². The quantitative estimate of drug-likeness (QED) is 0.871. The van der Waals surface area contributed by atoms with Crippen molar-refractivity contribution in [2.75, 3.05) is 19.4 Å². The van der Waals surface area contributed by atoms with Crippen LogP contribution >= 0.6 is 15.9 Å². The van der Waals surface area contributed by atoms with E-state index in [0.29, 0.717) is 16.0 Å². The van der Waals surface area contributed by atoms with Crippen LogP contribution in [0.4, 0.5) is 5.82 Å². The van der Waals surface area contributed by atoms with Gasteiger partial charge < -0.3 is 5.32 Å². The topological polar surface area (TPSA) is 75.2 Å². The fourth-order valence-electron chi connectivity index (χ4n) is 1.78. The van der Waals surface area contributed by atoms with Crippen molar-refractivity contribution in [1.29, 1.82) is 0 Å². The number of hydrogen-bond donors (Lipinski definition) is 1. The van der Waals surface area contributed by atoms with Crippen molar-refractivity contribution in [2.24, 2.45) is 0 Å². The van der Waals surface area contributed by atoms with Gasteiger partial charge >= 0.3 is 0 Å². The number of anilines is 1. The van der Waals surface area contributed by atoms with Crippen LogP contribution in [0.1, 0.15) is 5.69 Å². The predicted molar refractivity (Wildman–Crippen MR) is 84.4 cm³/mol. The molecule has 8 heteroatoms. The molecule has 0 amide bonds. The number of hydrogen-bond acceptors (Lipinski definition) is 5. The summed E-state index contributed by atoms with van der Waals surface area (Å²) in [4.78, 5) is 8.34. The largest absolute Gasteiger partial charge is 0.372 e. The van der Waals surface area contributed by atoms with Crippen molar-refractivity contribution in [3.05, 3.63) is 46.8 Å². The lowest BCUT2D eigenvalue weighted by molar-refractivity contribution is 0.462. The Kier molecular flexibility index (Phi) is 4.92. The third kappa shape index (κ3) is 3.58. The van der Waals surface area contributed by atoms with Crippen LogP contribution in [0, 0.1) is 0 Å². The molecule has 1 N–H and O–H groups in total. The fourth-order valence-corrected chi connectivity index (χ4v) is 3.57. The number of rotatable bonds is 5. The number of halogens is 1. The van der Waals surface area contributed by atoms with Crippen molar-refractivity contribution in [2.45, 2.75) is 11.4 Å². The molecule has 0 aliphatic carbocycles. The van der Waals surface area contributed by atoms with E-state index in [0.717, 1.165) is 0 Å². The molecule has 112 valence electrons. The fraction of sp³-hybridized carbons (Fsp3) is 0.231. The summed E-state index contributed by atoms with van der Waals surface area (Å²) < 4.78 is 27.2. The molecular formula is C13H15BrN4O2S. The molecule has 0 fully saturated rings. The maximum atomic E-state index is 12.7. The lowest BCUT2D eigenvalue weighted by Crippen LogP contribution is -2.27. The Labute approximate surface area is 132 Å². The van der Waals surface area contributed by atoms with Gasteiger partial charge in [-0.1, -0.05) is 6.07 Å². The van der Waals surface area contributed by atoms with Gasteiger partial charge in [-0.2, -0.15) is 4.31 Å². The van der Waals surface area contributed by atoms with E-state index in [-0.39, 0.29) is 11.4 Å². The van der Waals surface area contributed by atoms with Crippen molar-refractivity contribution in [3.8, 4) is 0 Å². The lowest BCUT2D eigenvalue weighted by atomic mass is 10.3. The molecule has 21 heavy (non-hydrogen) atoms. The molecule has 0 aromatic carbocycles. The molecule has 0 unspecified atom stereocenters. The molecule has 2 rings (SSSR count). The standard InChI is InChI=1S/C13H15BrN4O2S/c1-15-13-12(7-10(14)8-17-13)21(19,20)18(2)9-11-5-3-4-6-16-11/h3-8H,9H2,1-2H3,(H,15,17). The molecule has 0 saturated carbocycles. The number of nitrogens with zero attached hydrogens (tertiary/aromatic N) is 3. The minimum absolute atomic E-state index is 0.123. The van der Waals surface area contributed by atoms with E-state index in [1.807, 2.05) is 6.07 Å². The average molecular weight is 371 g/mol. The van der Waals surface area contributed by atoms with Crippen LogP contribution in [-0.4, -0.2) is 36.8 Å². The third-order valence-electron chi connectivity index (χ3n) is 2.86. The summed E-state index contributed by atoms with van der Waals surface area (Å²) in [5, 5.41) is 2.79. The summed E-state index contributed by atoms with van der Waals surface area (Å²) in [7, 11) is -0.513. The van der Waals surface area contributed by atoms with E-state index in [2.05, 4.69) is 31.2 Å². The van der Waals surface area contributed by atoms with Gasteiger partial charge in [-0.15, -0.1) is 0 Å². The summed E-state index contributed by atoms with van der Waals surface area (Å²) in [5.41, 5.74) is 0.678. The Morgan fingerprint density at radius 3 is 2.71 bits per heavy atom. The average Bonchev–Trinajstić information content (AvgIpc) is 2.48. The molecule has 2 aromatic rings. The SMILES string of the molecule is CNc1ncc(Br)cc1S(=O)(=O)N(C)Cc1ccccn1. The summed E-state index contributed by atoms with van der Waals surface area (Å²) in [6, 6.07) is 6.92. The van der Waals surface area contributed by atoms with E-state index in [4.69, 9.17) is 0 Å². The Hall–Kier alpha value is -1.51. The van der Waals surface area contributed by atoms with Crippen LogP contribution in [0.25, 0.3) is 0 Å². The van der Waals surface area contributed by atoms with Crippen molar-refractivity contribution < 1.29 is 8.42 Å². The monoisotopic (exact) mass is 370 g/mol. The van der Waals surface area contributed by atoms with Gasteiger partial charge in [0, 0.05) is 31.0 Å². The molecule has 0 atom stereocenters. The molecule has 0 saturated heterocycles. The zero-order valence-corrected chi connectivity index (χ0v) is 14.0. The van der Waals surface area contributed by atoms with Crippen molar-refractivity contribution >= 4 is 31.8 Å². The first-order valence-corrected chi connectivity index (χ1v) is 8.38. The highest BCUT2D eigenvalue weighted by atomic mass is 79.9. The number of nitrogens with one attached hydrogen (secondary N) is 1. The van der Waals surface area contributed by atoms with E-state index >= 15 is 0 Å². The first kappa shape index (κ1) is 15.9. The second kappa shape index (κ2) is 6.50. The Bertz CT molecular complexity index is 722. The second-order valence-corrected chi connectivity index (χ2v) is 7.26. The predicted octanol–water partition coefficient (Wildman–Crippen LogP) is 2.10. The van der Waals surface area contributed by atoms with E-state index < -0.39 is 10.0 Å². The highest BCUT2D eigenvalue weighted by Crippen LogP contribution is 2.25. The second-order valence-electron chi connectivity index (χ2n) is 4.33. The minimum Gasteiger partial charge on any atom is -0.372 e. The van der Waals surface area contributed by atoms with Gasteiger partial charge in [0.05, 0.1) is 12.2 Å². The highest BCUT2D eigenvalue weighted by Gasteiger charge is 2.25. The minimum atomic E-state index is -3.66. The first-order valence-electron chi connectivity index (χ1n) is 6.14. The summed E-state index contributed by atoms with van der Waals surface area (Å²) in [5.74, 6) is 0.311. The summed E-state index contributed by atoms with van der Waals surface area (Å²) in [6.45, 7) is 0.193. The molecule has 2 heterocycles. The van der Waals surface area contributed by atoms with Crippen LogP contribution < -0.4 is 5.32 Å². The smallest absolute Gasteiger partial charge is 0.246 e. The molecular weight excluding hydrogens is 356 g/mol. The maximum absolute atomic E-state index is 12.7. The van der Waals surface area contributed by atoms with Crippen LogP contribution in [0.2, 0.25) is 0 Å². The molecule has 0 radical (unpaired) electrons. The molecule has 0 aliphatic heterocycles. The van der Waals surface area contributed by atoms with Gasteiger partial charge in [-0.05, 0) is 34.1 Å².